The highest BCUT2D eigenvalue weighted by Crippen LogP contribution is 2.20. The Labute approximate surface area is 127 Å². The van der Waals surface area contributed by atoms with Gasteiger partial charge in [0.1, 0.15) is 0 Å². The molecule has 22 heavy (non-hydrogen) atoms. The Morgan fingerprint density at radius 1 is 1.32 bits per heavy atom. The predicted molar refractivity (Wildman–Crippen MR) is 81.3 cm³/mol. The quantitative estimate of drug-likeness (QED) is 0.672. The zero-order valence-electron chi connectivity index (χ0n) is 12.4. The van der Waals surface area contributed by atoms with E-state index in [-0.39, 0.29) is 29.3 Å². The first-order valence-electron chi connectivity index (χ1n) is 6.89. The zero-order chi connectivity index (χ0) is 16.3. The van der Waals surface area contributed by atoms with Gasteiger partial charge in [-0.05, 0) is 24.1 Å². The second-order valence-corrected chi connectivity index (χ2v) is 5.40. The largest absolute Gasteiger partial charge is 0.391 e. The maximum atomic E-state index is 12.1. The SMILES string of the molecule is CC(C)Cn1nc(-c2ccc([N+](=O)[O-])cc2)cc(CO)c1=O. The van der Waals surface area contributed by atoms with Gasteiger partial charge in [0, 0.05) is 29.8 Å². The molecule has 1 aromatic carbocycles. The number of hydrogen-bond acceptors (Lipinski definition) is 5. The Balaban J connectivity index is 2.50. The molecule has 1 heterocycles. The van der Waals surface area contributed by atoms with Gasteiger partial charge >= 0.3 is 0 Å². The summed E-state index contributed by atoms with van der Waals surface area (Å²) in [5.41, 5.74) is 1.07. The first-order valence-corrected chi connectivity index (χ1v) is 6.89. The van der Waals surface area contributed by atoms with Gasteiger partial charge in [0.05, 0.1) is 17.2 Å². The van der Waals surface area contributed by atoms with Crippen LogP contribution < -0.4 is 5.56 Å². The first-order chi connectivity index (χ1) is 10.4. The van der Waals surface area contributed by atoms with Crippen LogP contribution in [-0.4, -0.2) is 19.8 Å². The van der Waals surface area contributed by atoms with Crippen molar-refractivity contribution in [3.05, 3.63) is 56.4 Å². The Kier molecular flexibility index (Phi) is 4.67. The van der Waals surface area contributed by atoms with Gasteiger partial charge < -0.3 is 5.11 Å². The van der Waals surface area contributed by atoms with E-state index >= 15 is 0 Å². The van der Waals surface area contributed by atoms with Crippen molar-refractivity contribution in [2.75, 3.05) is 0 Å². The molecule has 0 saturated heterocycles. The predicted octanol–water partition coefficient (Wildman–Crippen LogP) is 1.97. The number of hydrogen-bond donors (Lipinski definition) is 1. The van der Waals surface area contributed by atoms with Crippen LogP contribution in [0.15, 0.2) is 35.1 Å². The minimum atomic E-state index is -0.476. The maximum Gasteiger partial charge on any atom is 0.272 e. The molecule has 0 spiro atoms. The van der Waals surface area contributed by atoms with E-state index in [1.165, 1.54) is 22.9 Å². The number of nitrogens with zero attached hydrogens (tertiary/aromatic N) is 3. The van der Waals surface area contributed by atoms with Crippen molar-refractivity contribution in [1.29, 1.82) is 0 Å². The van der Waals surface area contributed by atoms with Crippen LogP contribution in [0.3, 0.4) is 0 Å². The number of benzene rings is 1. The van der Waals surface area contributed by atoms with Gasteiger partial charge in [-0.1, -0.05) is 13.8 Å². The molecule has 0 saturated carbocycles. The molecular formula is C15H17N3O4. The summed E-state index contributed by atoms with van der Waals surface area (Å²) in [4.78, 5) is 22.3. The van der Waals surface area contributed by atoms with Crippen molar-refractivity contribution in [2.45, 2.75) is 27.0 Å². The van der Waals surface area contributed by atoms with Crippen LogP contribution in [0.5, 0.6) is 0 Å². The number of nitro groups is 1. The van der Waals surface area contributed by atoms with Crippen molar-refractivity contribution >= 4 is 5.69 Å². The molecule has 0 atom stereocenters. The molecule has 0 aliphatic heterocycles. The summed E-state index contributed by atoms with van der Waals surface area (Å²) in [5.74, 6) is 0.226. The third-order valence-corrected chi connectivity index (χ3v) is 3.13. The molecule has 2 aromatic rings. The number of aromatic nitrogens is 2. The molecule has 0 aliphatic rings. The average molecular weight is 303 g/mol. The highest BCUT2D eigenvalue weighted by molar-refractivity contribution is 5.60. The zero-order valence-corrected chi connectivity index (χ0v) is 12.4. The number of aliphatic hydroxyl groups is 1. The average Bonchev–Trinajstić information content (AvgIpc) is 2.49. The van der Waals surface area contributed by atoms with Crippen LogP contribution in [0.4, 0.5) is 5.69 Å². The van der Waals surface area contributed by atoms with Gasteiger partial charge in [0.25, 0.3) is 11.2 Å². The van der Waals surface area contributed by atoms with Crippen molar-refractivity contribution in [2.24, 2.45) is 5.92 Å². The van der Waals surface area contributed by atoms with Gasteiger partial charge in [-0.25, -0.2) is 4.68 Å². The van der Waals surface area contributed by atoms with Crippen molar-refractivity contribution < 1.29 is 10.0 Å². The van der Waals surface area contributed by atoms with Crippen molar-refractivity contribution in [1.82, 2.24) is 9.78 Å². The van der Waals surface area contributed by atoms with Crippen LogP contribution in [0.2, 0.25) is 0 Å². The summed E-state index contributed by atoms with van der Waals surface area (Å²) in [6, 6.07) is 7.43. The lowest BCUT2D eigenvalue weighted by Crippen LogP contribution is -2.28. The van der Waals surface area contributed by atoms with Gasteiger partial charge in [0.2, 0.25) is 0 Å². The summed E-state index contributed by atoms with van der Waals surface area (Å²) in [5, 5.41) is 24.3. The number of aliphatic hydroxyl groups excluding tert-OH is 1. The third-order valence-electron chi connectivity index (χ3n) is 3.13. The number of nitro benzene ring substituents is 1. The van der Waals surface area contributed by atoms with Gasteiger partial charge in [-0.15, -0.1) is 0 Å². The molecular weight excluding hydrogens is 286 g/mol. The molecule has 0 radical (unpaired) electrons. The number of non-ortho nitro benzene ring substituents is 1. The van der Waals surface area contributed by atoms with Crippen molar-refractivity contribution in [3.8, 4) is 11.3 Å². The van der Waals surface area contributed by atoms with Crippen LogP contribution in [0.1, 0.15) is 19.4 Å². The molecule has 0 bridgehead atoms. The topological polar surface area (TPSA) is 98.3 Å². The van der Waals surface area contributed by atoms with Crippen LogP contribution in [-0.2, 0) is 13.2 Å². The first kappa shape index (κ1) is 15.8. The van der Waals surface area contributed by atoms with E-state index in [1.807, 2.05) is 13.8 Å². The lowest BCUT2D eigenvalue weighted by Gasteiger charge is -2.11. The molecule has 7 heteroatoms. The Morgan fingerprint density at radius 2 is 1.95 bits per heavy atom. The summed E-state index contributed by atoms with van der Waals surface area (Å²) >= 11 is 0. The highest BCUT2D eigenvalue weighted by Gasteiger charge is 2.12. The highest BCUT2D eigenvalue weighted by atomic mass is 16.6. The third kappa shape index (κ3) is 3.37. The van der Waals surface area contributed by atoms with Gasteiger partial charge in [0.15, 0.2) is 0 Å². The normalized spacial score (nSPS) is 10.9. The van der Waals surface area contributed by atoms with E-state index in [0.29, 0.717) is 17.8 Å². The lowest BCUT2D eigenvalue weighted by atomic mass is 10.1. The van der Waals surface area contributed by atoms with Gasteiger partial charge in [-0.3, -0.25) is 14.9 Å². The van der Waals surface area contributed by atoms with Gasteiger partial charge in [-0.2, -0.15) is 5.10 Å². The summed E-state index contributed by atoms with van der Waals surface area (Å²) in [6.45, 7) is 3.99. The second kappa shape index (κ2) is 6.48. The molecule has 1 aromatic heterocycles. The smallest absolute Gasteiger partial charge is 0.272 e. The lowest BCUT2D eigenvalue weighted by molar-refractivity contribution is -0.384. The Morgan fingerprint density at radius 3 is 2.45 bits per heavy atom. The Bertz CT molecular complexity index is 735. The van der Waals surface area contributed by atoms with E-state index in [4.69, 9.17) is 0 Å². The van der Waals surface area contributed by atoms with E-state index < -0.39 is 4.92 Å². The minimum absolute atomic E-state index is 0.0124. The molecule has 0 unspecified atom stereocenters. The fraction of sp³-hybridized carbons (Fsp3) is 0.333. The molecule has 2 rings (SSSR count). The molecule has 1 N–H and O–H groups in total. The van der Waals surface area contributed by atoms with Crippen LogP contribution in [0, 0.1) is 16.0 Å². The second-order valence-electron chi connectivity index (χ2n) is 5.40. The van der Waals surface area contributed by atoms with Crippen LogP contribution >= 0.6 is 0 Å². The fourth-order valence-corrected chi connectivity index (χ4v) is 2.07. The molecule has 0 fully saturated rings. The molecule has 0 aliphatic carbocycles. The molecule has 116 valence electrons. The van der Waals surface area contributed by atoms with E-state index in [1.54, 1.807) is 12.1 Å². The van der Waals surface area contributed by atoms with Crippen LogP contribution in [0.25, 0.3) is 11.3 Å². The molecule has 7 nitrogen and oxygen atoms in total. The molecule has 0 amide bonds. The van der Waals surface area contributed by atoms with E-state index in [0.717, 1.165) is 0 Å². The summed E-state index contributed by atoms with van der Waals surface area (Å²) in [7, 11) is 0. The maximum absolute atomic E-state index is 12.1. The van der Waals surface area contributed by atoms with Crippen molar-refractivity contribution in [3.63, 3.8) is 0 Å². The van der Waals surface area contributed by atoms with E-state index in [9.17, 15) is 20.0 Å². The summed E-state index contributed by atoms with van der Waals surface area (Å²) in [6.07, 6.45) is 0. The number of rotatable bonds is 5. The minimum Gasteiger partial charge on any atom is -0.391 e. The standard InChI is InChI=1S/C15H17N3O4/c1-10(2)8-17-15(20)12(9-19)7-14(16-17)11-3-5-13(6-4-11)18(21)22/h3-7,10,19H,8-9H2,1-2H3. The summed E-state index contributed by atoms with van der Waals surface area (Å²) < 4.78 is 1.33. The van der Waals surface area contributed by atoms with E-state index in [2.05, 4.69) is 5.10 Å². The fourth-order valence-electron chi connectivity index (χ4n) is 2.07. The monoisotopic (exact) mass is 303 g/mol. The Hall–Kier alpha value is -2.54.